The average Bonchev–Trinajstić information content (AvgIpc) is 2.75. The number of guanidine groups is 1. The van der Waals surface area contributed by atoms with Crippen molar-refractivity contribution in [1.29, 1.82) is 0 Å². The monoisotopic (exact) mass is 392 g/mol. The van der Waals surface area contributed by atoms with Gasteiger partial charge in [0, 0.05) is 56.2 Å². The van der Waals surface area contributed by atoms with Crippen molar-refractivity contribution in [2.45, 2.75) is 76.5 Å². The van der Waals surface area contributed by atoms with Crippen LogP contribution in [0.2, 0.25) is 0 Å². The molecule has 0 spiro atoms. The molecule has 0 aromatic carbocycles. The molecule has 4 aliphatic rings. The summed E-state index contributed by atoms with van der Waals surface area (Å²) in [4.78, 5) is 7.27. The zero-order chi connectivity index (χ0) is 19.6. The second-order valence-corrected chi connectivity index (χ2v) is 9.85. The van der Waals surface area contributed by atoms with Crippen LogP contribution < -0.4 is 10.6 Å². The lowest BCUT2D eigenvalue weighted by Crippen LogP contribution is -2.71. The van der Waals surface area contributed by atoms with Gasteiger partial charge in [-0.25, -0.2) is 0 Å². The molecule has 2 aliphatic carbocycles. The number of rotatable bonds is 4. The highest BCUT2D eigenvalue weighted by atomic mass is 16.5. The zero-order valence-electron chi connectivity index (χ0n) is 18.1. The number of ether oxygens (including phenoxy) is 2. The highest BCUT2D eigenvalue weighted by Gasteiger charge is 2.58. The van der Waals surface area contributed by atoms with Gasteiger partial charge < -0.3 is 20.1 Å². The van der Waals surface area contributed by atoms with Crippen LogP contribution in [0.4, 0.5) is 0 Å². The molecule has 0 amide bonds. The summed E-state index contributed by atoms with van der Waals surface area (Å²) in [6.07, 6.45) is 9.45. The lowest BCUT2D eigenvalue weighted by Gasteiger charge is -2.60. The van der Waals surface area contributed by atoms with Crippen LogP contribution in [0.15, 0.2) is 4.99 Å². The van der Waals surface area contributed by atoms with Gasteiger partial charge in [0.2, 0.25) is 0 Å². The first-order valence-electron chi connectivity index (χ1n) is 11.5. The first-order chi connectivity index (χ1) is 13.6. The van der Waals surface area contributed by atoms with Gasteiger partial charge in [0.25, 0.3) is 0 Å². The van der Waals surface area contributed by atoms with Gasteiger partial charge >= 0.3 is 0 Å². The van der Waals surface area contributed by atoms with Crippen LogP contribution in [-0.2, 0) is 9.47 Å². The summed E-state index contributed by atoms with van der Waals surface area (Å²) in [5, 5.41) is 7.49. The Labute approximate surface area is 170 Å². The molecule has 2 aliphatic heterocycles. The molecule has 2 saturated heterocycles. The fourth-order valence-corrected chi connectivity index (χ4v) is 6.26. The van der Waals surface area contributed by atoms with Crippen molar-refractivity contribution in [2.75, 3.05) is 46.5 Å². The van der Waals surface area contributed by atoms with E-state index in [2.05, 4.69) is 34.4 Å². The van der Waals surface area contributed by atoms with Crippen LogP contribution in [0.25, 0.3) is 0 Å². The van der Waals surface area contributed by atoms with Crippen molar-refractivity contribution in [3.05, 3.63) is 0 Å². The first-order valence-corrected chi connectivity index (χ1v) is 11.5. The predicted octanol–water partition coefficient (Wildman–Crippen LogP) is 2.39. The van der Waals surface area contributed by atoms with Gasteiger partial charge in [0.05, 0.1) is 19.3 Å². The number of hydrogen-bond acceptors (Lipinski definition) is 4. The lowest BCUT2D eigenvalue weighted by atomic mass is 9.55. The summed E-state index contributed by atoms with van der Waals surface area (Å²) in [6.45, 7) is 10.4. The van der Waals surface area contributed by atoms with Crippen LogP contribution in [0.3, 0.4) is 0 Å². The Morgan fingerprint density at radius 3 is 2.54 bits per heavy atom. The minimum Gasteiger partial charge on any atom is -0.379 e. The van der Waals surface area contributed by atoms with Crippen LogP contribution in [0, 0.1) is 11.3 Å². The Bertz CT molecular complexity index is 553. The molecular weight excluding hydrogens is 352 g/mol. The summed E-state index contributed by atoms with van der Waals surface area (Å²) in [7, 11) is 1.90. The quantitative estimate of drug-likeness (QED) is 0.568. The number of nitrogens with one attached hydrogen (secondary N) is 2. The molecule has 2 saturated carbocycles. The molecule has 4 rings (SSSR count). The van der Waals surface area contributed by atoms with Crippen molar-refractivity contribution in [2.24, 2.45) is 16.3 Å². The van der Waals surface area contributed by atoms with E-state index < -0.39 is 0 Å². The van der Waals surface area contributed by atoms with Crippen LogP contribution in [-0.4, -0.2) is 75.0 Å². The van der Waals surface area contributed by atoms with Crippen molar-refractivity contribution < 1.29 is 9.47 Å². The molecule has 3 atom stereocenters. The third-order valence-corrected chi connectivity index (χ3v) is 7.90. The van der Waals surface area contributed by atoms with E-state index >= 15 is 0 Å². The molecule has 3 unspecified atom stereocenters. The summed E-state index contributed by atoms with van der Waals surface area (Å²) in [5.41, 5.74) is 0.417. The largest absolute Gasteiger partial charge is 0.379 e. The standard InChI is InChI=1S/C22H40N4O2/c1-21(2)18(17-8-7-13-28-19(17)21)25-20(23-3)24-16-22(9-5-4-6-10-22)26-11-14-27-15-12-26/h17-19H,4-16H2,1-3H3,(H2,23,24,25). The topological polar surface area (TPSA) is 58.1 Å². The van der Waals surface area contributed by atoms with Crippen molar-refractivity contribution >= 4 is 5.96 Å². The van der Waals surface area contributed by atoms with Gasteiger partial charge in [0.1, 0.15) is 0 Å². The number of aliphatic imine (C=N–C) groups is 1. The van der Waals surface area contributed by atoms with Crippen molar-refractivity contribution in [3.8, 4) is 0 Å². The van der Waals surface area contributed by atoms with Gasteiger partial charge in [0.15, 0.2) is 5.96 Å². The molecule has 160 valence electrons. The SMILES string of the molecule is CN=C(NCC1(N2CCOCC2)CCCCC1)NC1C2CCCOC2C1(C)C. The molecule has 0 bridgehead atoms. The minimum atomic E-state index is 0.162. The normalized spacial score (nSPS) is 35.5. The van der Waals surface area contributed by atoms with Gasteiger partial charge in [-0.3, -0.25) is 9.89 Å². The maximum absolute atomic E-state index is 6.07. The molecule has 0 aromatic heterocycles. The van der Waals surface area contributed by atoms with E-state index in [1.165, 1.54) is 44.9 Å². The summed E-state index contributed by atoms with van der Waals surface area (Å²) >= 11 is 0. The van der Waals surface area contributed by atoms with E-state index in [-0.39, 0.29) is 11.0 Å². The van der Waals surface area contributed by atoms with Crippen LogP contribution in [0.5, 0.6) is 0 Å². The molecule has 0 aromatic rings. The molecule has 6 nitrogen and oxygen atoms in total. The molecule has 28 heavy (non-hydrogen) atoms. The fraction of sp³-hybridized carbons (Fsp3) is 0.955. The third kappa shape index (κ3) is 3.80. The van der Waals surface area contributed by atoms with E-state index in [1.807, 2.05) is 7.05 Å². The second-order valence-electron chi connectivity index (χ2n) is 9.85. The Hall–Kier alpha value is -0.850. The Morgan fingerprint density at radius 1 is 1.07 bits per heavy atom. The fourth-order valence-electron chi connectivity index (χ4n) is 6.26. The predicted molar refractivity (Wildman–Crippen MR) is 113 cm³/mol. The average molecular weight is 393 g/mol. The van der Waals surface area contributed by atoms with E-state index in [9.17, 15) is 0 Å². The third-order valence-electron chi connectivity index (χ3n) is 7.90. The van der Waals surface area contributed by atoms with Crippen LogP contribution >= 0.6 is 0 Å². The van der Waals surface area contributed by atoms with E-state index in [1.54, 1.807) is 0 Å². The van der Waals surface area contributed by atoms with E-state index in [0.717, 1.165) is 45.4 Å². The molecule has 2 heterocycles. The number of nitrogens with zero attached hydrogens (tertiary/aromatic N) is 2. The van der Waals surface area contributed by atoms with Gasteiger partial charge in [-0.15, -0.1) is 0 Å². The zero-order valence-corrected chi connectivity index (χ0v) is 18.1. The van der Waals surface area contributed by atoms with E-state index in [0.29, 0.717) is 18.1 Å². The first kappa shape index (κ1) is 20.4. The van der Waals surface area contributed by atoms with Gasteiger partial charge in [-0.2, -0.15) is 0 Å². The minimum absolute atomic E-state index is 0.162. The Balaban J connectivity index is 1.38. The van der Waals surface area contributed by atoms with E-state index in [4.69, 9.17) is 9.47 Å². The number of fused-ring (bicyclic) bond motifs is 1. The summed E-state index contributed by atoms with van der Waals surface area (Å²) in [6, 6.07) is 0.440. The summed E-state index contributed by atoms with van der Waals surface area (Å²) in [5.74, 6) is 1.57. The summed E-state index contributed by atoms with van der Waals surface area (Å²) < 4.78 is 11.7. The Morgan fingerprint density at radius 2 is 1.82 bits per heavy atom. The maximum Gasteiger partial charge on any atom is 0.191 e. The lowest BCUT2D eigenvalue weighted by molar-refractivity contribution is -0.188. The molecule has 6 heteroatoms. The molecular formula is C22H40N4O2. The molecule has 4 fully saturated rings. The number of hydrogen-bond donors (Lipinski definition) is 2. The van der Waals surface area contributed by atoms with Gasteiger partial charge in [-0.1, -0.05) is 33.1 Å². The van der Waals surface area contributed by atoms with Crippen LogP contribution in [0.1, 0.15) is 58.8 Å². The number of morpholine rings is 1. The molecule has 2 N–H and O–H groups in total. The highest BCUT2D eigenvalue weighted by molar-refractivity contribution is 5.80. The van der Waals surface area contributed by atoms with Gasteiger partial charge in [-0.05, 0) is 25.7 Å². The van der Waals surface area contributed by atoms with Crippen molar-refractivity contribution in [1.82, 2.24) is 15.5 Å². The second kappa shape index (κ2) is 8.49. The highest BCUT2D eigenvalue weighted by Crippen LogP contribution is 2.51. The van der Waals surface area contributed by atoms with Crippen molar-refractivity contribution in [3.63, 3.8) is 0 Å². The maximum atomic E-state index is 6.07. The smallest absolute Gasteiger partial charge is 0.191 e. The Kier molecular flexibility index (Phi) is 6.19. The molecule has 0 radical (unpaired) electrons.